The van der Waals surface area contributed by atoms with E-state index < -0.39 is 0 Å². The van der Waals surface area contributed by atoms with Crippen LogP contribution in [0.25, 0.3) is 0 Å². The van der Waals surface area contributed by atoms with Crippen molar-refractivity contribution in [3.8, 4) is 0 Å². The van der Waals surface area contributed by atoms with E-state index in [2.05, 4.69) is 12.2 Å². The van der Waals surface area contributed by atoms with Crippen LogP contribution in [0.2, 0.25) is 0 Å². The maximum absolute atomic E-state index is 12.2. The molecule has 2 rings (SSSR count). The molecular formula is C17H28O2. The molecule has 0 N–H and O–H groups in total. The average molecular weight is 264 g/mol. The Labute approximate surface area is 117 Å². The van der Waals surface area contributed by atoms with E-state index in [0.717, 1.165) is 38.5 Å². The fourth-order valence-corrected chi connectivity index (χ4v) is 3.15. The van der Waals surface area contributed by atoms with Gasteiger partial charge in [0.2, 0.25) is 0 Å². The van der Waals surface area contributed by atoms with E-state index in [1.807, 2.05) is 0 Å². The maximum atomic E-state index is 12.2. The number of esters is 1. The van der Waals surface area contributed by atoms with E-state index in [-0.39, 0.29) is 18.0 Å². The smallest absolute Gasteiger partial charge is 0.313 e. The summed E-state index contributed by atoms with van der Waals surface area (Å²) in [6.45, 7) is 0. The number of carbonyl (C=O) groups excluding carboxylic acids is 1. The Hall–Kier alpha value is -0.790. The number of fused-ring (bicyclic) bond motifs is 3. The van der Waals surface area contributed by atoms with Gasteiger partial charge in [0.1, 0.15) is 6.10 Å². The van der Waals surface area contributed by atoms with E-state index in [1.165, 1.54) is 38.5 Å². The molecule has 2 heteroatoms. The largest absolute Gasteiger partial charge is 0.462 e. The molecule has 0 amide bonds. The standard InChI is InChI=1S/C17H28O2/c18-17-15-11-7-4-2-1-3-5-9-13-16(19-17)14-10-6-8-12-15/h8,12,15-16H,1-7,9-11,13-14H2/b12-8+. The third kappa shape index (κ3) is 5.38. The first-order valence-electron chi connectivity index (χ1n) is 8.23. The van der Waals surface area contributed by atoms with Gasteiger partial charge in [0.05, 0.1) is 5.92 Å². The first-order valence-corrected chi connectivity index (χ1v) is 8.23. The summed E-state index contributed by atoms with van der Waals surface area (Å²) in [5.74, 6) is 0.0451. The van der Waals surface area contributed by atoms with Crippen LogP contribution in [-0.4, -0.2) is 12.1 Å². The second-order valence-electron chi connectivity index (χ2n) is 6.08. The summed E-state index contributed by atoms with van der Waals surface area (Å²) < 4.78 is 5.76. The summed E-state index contributed by atoms with van der Waals surface area (Å²) in [5.41, 5.74) is 0. The van der Waals surface area contributed by atoms with Gasteiger partial charge in [-0.3, -0.25) is 4.79 Å². The summed E-state index contributed by atoms with van der Waals surface area (Å²) in [7, 11) is 0. The van der Waals surface area contributed by atoms with Crippen molar-refractivity contribution in [1.29, 1.82) is 0 Å². The van der Waals surface area contributed by atoms with Crippen molar-refractivity contribution in [2.75, 3.05) is 0 Å². The molecule has 2 nitrogen and oxygen atoms in total. The van der Waals surface area contributed by atoms with Gasteiger partial charge in [0.25, 0.3) is 0 Å². The Bertz CT molecular complexity index is 296. The number of ether oxygens (including phenoxy) is 1. The van der Waals surface area contributed by atoms with Crippen LogP contribution in [0.15, 0.2) is 12.2 Å². The monoisotopic (exact) mass is 264 g/mol. The molecule has 0 saturated carbocycles. The van der Waals surface area contributed by atoms with Gasteiger partial charge in [-0.1, -0.05) is 50.7 Å². The van der Waals surface area contributed by atoms with Crippen molar-refractivity contribution < 1.29 is 9.53 Å². The van der Waals surface area contributed by atoms with Crippen molar-refractivity contribution in [3.63, 3.8) is 0 Å². The van der Waals surface area contributed by atoms with Crippen molar-refractivity contribution in [2.45, 2.75) is 83.2 Å². The van der Waals surface area contributed by atoms with E-state index in [0.29, 0.717) is 0 Å². The number of carbonyl (C=O) groups is 1. The fourth-order valence-electron chi connectivity index (χ4n) is 3.15. The zero-order valence-corrected chi connectivity index (χ0v) is 12.1. The molecule has 19 heavy (non-hydrogen) atoms. The van der Waals surface area contributed by atoms with Crippen LogP contribution in [0.1, 0.15) is 77.0 Å². The molecule has 2 aliphatic rings. The molecule has 0 aromatic rings. The molecular weight excluding hydrogens is 236 g/mol. The predicted octanol–water partition coefficient (Wildman–Crippen LogP) is 4.78. The number of hydrogen-bond acceptors (Lipinski definition) is 2. The van der Waals surface area contributed by atoms with Gasteiger partial charge in [0, 0.05) is 0 Å². The third-order valence-electron chi connectivity index (χ3n) is 4.39. The Morgan fingerprint density at radius 3 is 2.26 bits per heavy atom. The van der Waals surface area contributed by atoms with E-state index >= 15 is 0 Å². The second kappa shape index (κ2) is 8.39. The Kier molecular flexibility index (Phi) is 6.46. The molecule has 2 aliphatic heterocycles. The summed E-state index contributed by atoms with van der Waals surface area (Å²) in [5, 5.41) is 0. The van der Waals surface area contributed by atoms with E-state index in [9.17, 15) is 4.79 Å². The summed E-state index contributed by atoms with van der Waals surface area (Å²) in [6, 6.07) is 0. The van der Waals surface area contributed by atoms with Crippen LogP contribution in [0.5, 0.6) is 0 Å². The van der Waals surface area contributed by atoms with Crippen molar-refractivity contribution in [1.82, 2.24) is 0 Å². The molecule has 0 aliphatic carbocycles. The van der Waals surface area contributed by atoms with Crippen molar-refractivity contribution in [2.24, 2.45) is 5.92 Å². The minimum absolute atomic E-state index is 0.0151. The van der Waals surface area contributed by atoms with Crippen LogP contribution < -0.4 is 0 Å². The summed E-state index contributed by atoms with van der Waals surface area (Å²) in [6.07, 6.45) is 18.8. The van der Waals surface area contributed by atoms with Crippen LogP contribution in [0.3, 0.4) is 0 Å². The lowest BCUT2D eigenvalue weighted by Gasteiger charge is -2.19. The summed E-state index contributed by atoms with van der Waals surface area (Å²) in [4.78, 5) is 12.2. The minimum atomic E-state index is 0.0151. The normalized spacial score (nSPS) is 32.7. The molecule has 2 bridgehead atoms. The van der Waals surface area contributed by atoms with Gasteiger partial charge in [-0.2, -0.15) is 0 Å². The highest BCUT2D eigenvalue weighted by atomic mass is 16.5. The molecule has 0 aromatic carbocycles. The molecule has 2 unspecified atom stereocenters. The van der Waals surface area contributed by atoms with Gasteiger partial charge >= 0.3 is 5.97 Å². The van der Waals surface area contributed by atoms with Gasteiger partial charge < -0.3 is 4.74 Å². The SMILES string of the molecule is O=C1OC2CCC/C=C/C1CCCCCCCCC2. The molecule has 2 atom stereocenters. The number of allylic oxidation sites excluding steroid dienone is 1. The van der Waals surface area contributed by atoms with Crippen LogP contribution in [-0.2, 0) is 9.53 Å². The lowest BCUT2D eigenvalue weighted by Crippen LogP contribution is -2.23. The quantitative estimate of drug-likeness (QED) is 0.465. The molecule has 0 radical (unpaired) electrons. The van der Waals surface area contributed by atoms with Crippen LogP contribution >= 0.6 is 0 Å². The van der Waals surface area contributed by atoms with Crippen LogP contribution in [0.4, 0.5) is 0 Å². The number of hydrogen-bond donors (Lipinski definition) is 0. The molecule has 108 valence electrons. The molecule has 0 aromatic heterocycles. The highest BCUT2D eigenvalue weighted by Gasteiger charge is 2.22. The van der Waals surface area contributed by atoms with Crippen LogP contribution in [0, 0.1) is 5.92 Å². The van der Waals surface area contributed by atoms with Crippen molar-refractivity contribution in [3.05, 3.63) is 12.2 Å². The van der Waals surface area contributed by atoms with Crippen molar-refractivity contribution >= 4 is 5.97 Å². The third-order valence-corrected chi connectivity index (χ3v) is 4.39. The zero-order valence-electron chi connectivity index (χ0n) is 12.1. The molecule has 2 heterocycles. The van der Waals surface area contributed by atoms with Gasteiger partial charge in [-0.25, -0.2) is 0 Å². The molecule has 1 saturated heterocycles. The highest BCUT2D eigenvalue weighted by Crippen LogP contribution is 2.23. The maximum Gasteiger partial charge on any atom is 0.313 e. The van der Waals surface area contributed by atoms with Gasteiger partial charge in [-0.05, 0) is 38.5 Å². The van der Waals surface area contributed by atoms with Gasteiger partial charge in [-0.15, -0.1) is 0 Å². The lowest BCUT2D eigenvalue weighted by molar-refractivity contribution is -0.153. The average Bonchev–Trinajstić information content (AvgIpc) is 2.48. The molecule has 1 fully saturated rings. The van der Waals surface area contributed by atoms with E-state index in [1.54, 1.807) is 0 Å². The topological polar surface area (TPSA) is 26.3 Å². The Morgan fingerprint density at radius 1 is 0.842 bits per heavy atom. The highest BCUT2D eigenvalue weighted by molar-refractivity contribution is 5.74. The van der Waals surface area contributed by atoms with Gasteiger partial charge in [0.15, 0.2) is 0 Å². The van der Waals surface area contributed by atoms with E-state index in [4.69, 9.17) is 4.74 Å². The first-order chi connectivity index (χ1) is 9.36. The predicted molar refractivity (Wildman–Crippen MR) is 77.9 cm³/mol. The Morgan fingerprint density at radius 2 is 1.47 bits per heavy atom. The first kappa shape index (κ1) is 14.6. The number of rotatable bonds is 0. The lowest BCUT2D eigenvalue weighted by atomic mass is 9.99. The Balaban J connectivity index is 2.00. The minimum Gasteiger partial charge on any atom is -0.462 e. The fraction of sp³-hybridized carbons (Fsp3) is 0.824. The zero-order chi connectivity index (χ0) is 13.3. The summed E-state index contributed by atoms with van der Waals surface area (Å²) >= 11 is 0. The molecule has 0 spiro atoms. The second-order valence-corrected chi connectivity index (χ2v) is 6.08.